The third-order valence-corrected chi connectivity index (χ3v) is 5.41. The van der Waals surface area contributed by atoms with E-state index in [9.17, 15) is 8.42 Å². The molecule has 0 atom stereocenters. The van der Waals surface area contributed by atoms with Gasteiger partial charge in [-0.05, 0) is 51.3 Å². The Labute approximate surface area is 117 Å². The van der Waals surface area contributed by atoms with Crippen molar-refractivity contribution in [3.8, 4) is 0 Å². The van der Waals surface area contributed by atoms with E-state index in [1.54, 1.807) is 16.4 Å². The van der Waals surface area contributed by atoms with Crippen molar-refractivity contribution < 1.29 is 8.42 Å². The SMILES string of the molecule is CC(C)c1ccc(S(=O)(=O)N(C(C)C)C(C)C)cc1. The summed E-state index contributed by atoms with van der Waals surface area (Å²) < 4.78 is 26.8. The Kier molecular flexibility index (Phi) is 5.16. The van der Waals surface area contributed by atoms with Gasteiger partial charge in [-0.25, -0.2) is 8.42 Å². The van der Waals surface area contributed by atoms with E-state index in [1.807, 2.05) is 39.8 Å². The molecule has 0 saturated heterocycles. The van der Waals surface area contributed by atoms with Gasteiger partial charge in [0.1, 0.15) is 0 Å². The van der Waals surface area contributed by atoms with Gasteiger partial charge in [0, 0.05) is 12.1 Å². The van der Waals surface area contributed by atoms with Crippen LogP contribution in [0, 0.1) is 0 Å². The van der Waals surface area contributed by atoms with Gasteiger partial charge in [-0.15, -0.1) is 0 Å². The molecule has 0 heterocycles. The highest BCUT2D eigenvalue weighted by molar-refractivity contribution is 7.89. The molecular formula is C15H25NO2S. The van der Waals surface area contributed by atoms with Gasteiger partial charge < -0.3 is 0 Å². The molecule has 0 fully saturated rings. The van der Waals surface area contributed by atoms with Gasteiger partial charge in [-0.2, -0.15) is 4.31 Å². The summed E-state index contributed by atoms with van der Waals surface area (Å²) >= 11 is 0. The zero-order valence-corrected chi connectivity index (χ0v) is 13.5. The Morgan fingerprint density at radius 1 is 0.842 bits per heavy atom. The van der Waals surface area contributed by atoms with Crippen LogP contribution in [-0.2, 0) is 10.0 Å². The van der Waals surface area contributed by atoms with Gasteiger partial charge in [0.2, 0.25) is 10.0 Å². The van der Waals surface area contributed by atoms with Crippen molar-refractivity contribution >= 4 is 10.0 Å². The topological polar surface area (TPSA) is 37.4 Å². The van der Waals surface area contributed by atoms with Gasteiger partial charge in [0.05, 0.1) is 4.90 Å². The number of sulfonamides is 1. The second kappa shape index (κ2) is 6.06. The lowest BCUT2D eigenvalue weighted by atomic mass is 10.0. The van der Waals surface area contributed by atoms with Gasteiger partial charge in [0.15, 0.2) is 0 Å². The molecule has 1 rings (SSSR count). The minimum absolute atomic E-state index is 0.0465. The average molecular weight is 283 g/mol. The Hall–Kier alpha value is -0.870. The first-order chi connectivity index (χ1) is 8.67. The van der Waals surface area contributed by atoms with E-state index in [-0.39, 0.29) is 12.1 Å². The van der Waals surface area contributed by atoms with E-state index in [0.717, 1.165) is 5.56 Å². The Morgan fingerprint density at radius 3 is 1.58 bits per heavy atom. The van der Waals surface area contributed by atoms with Crippen LogP contribution >= 0.6 is 0 Å². The van der Waals surface area contributed by atoms with E-state index < -0.39 is 10.0 Å². The largest absolute Gasteiger partial charge is 0.243 e. The summed E-state index contributed by atoms with van der Waals surface area (Å²) in [5.74, 6) is 0.406. The van der Waals surface area contributed by atoms with Crippen molar-refractivity contribution in [3.05, 3.63) is 29.8 Å². The quantitative estimate of drug-likeness (QED) is 0.827. The summed E-state index contributed by atoms with van der Waals surface area (Å²) in [6.45, 7) is 11.8. The summed E-state index contributed by atoms with van der Waals surface area (Å²) in [6, 6.07) is 7.13. The molecule has 108 valence electrons. The van der Waals surface area contributed by atoms with Crippen molar-refractivity contribution in [3.63, 3.8) is 0 Å². The summed E-state index contributed by atoms with van der Waals surface area (Å²) in [6.07, 6.45) is 0. The van der Waals surface area contributed by atoms with Crippen LogP contribution < -0.4 is 0 Å². The lowest BCUT2D eigenvalue weighted by Crippen LogP contribution is -2.41. The van der Waals surface area contributed by atoms with Crippen LogP contribution in [0.4, 0.5) is 0 Å². The fourth-order valence-electron chi connectivity index (χ4n) is 2.30. The molecule has 4 heteroatoms. The van der Waals surface area contributed by atoms with Crippen molar-refractivity contribution in [1.29, 1.82) is 0 Å². The highest BCUT2D eigenvalue weighted by Crippen LogP contribution is 2.23. The first kappa shape index (κ1) is 16.2. The summed E-state index contributed by atoms with van der Waals surface area (Å²) in [4.78, 5) is 0.374. The molecule has 0 aliphatic rings. The monoisotopic (exact) mass is 283 g/mol. The molecule has 0 spiro atoms. The van der Waals surface area contributed by atoms with E-state index in [4.69, 9.17) is 0 Å². The fourth-order valence-corrected chi connectivity index (χ4v) is 4.13. The van der Waals surface area contributed by atoms with E-state index in [1.165, 1.54) is 0 Å². The maximum Gasteiger partial charge on any atom is 0.243 e. The Bertz CT molecular complexity index is 493. The minimum Gasteiger partial charge on any atom is -0.207 e. The van der Waals surface area contributed by atoms with E-state index >= 15 is 0 Å². The third-order valence-electron chi connectivity index (χ3n) is 3.14. The molecule has 0 aromatic heterocycles. The van der Waals surface area contributed by atoms with E-state index in [0.29, 0.717) is 10.8 Å². The second-order valence-corrected chi connectivity index (χ2v) is 7.59. The summed E-state index contributed by atoms with van der Waals surface area (Å²) in [7, 11) is -3.41. The first-order valence-corrected chi connectivity index (χ1v) is 8.25. The molecule has 0 unspecified atom stereocenters. The average Bonchev–Trinajstić information content (AvgIpc) is 2.27. The van der Waals surface area contributed by atoms with Gasteiger partial charge >= 0.3 is 0 Å². The standard InChI is InChI=1S/C15H25NO2S/c1-11(2)14-7-9-15(10-8-14)19(17,18)16(12(3)4)13(5)6/h7-13H,1-6H3. The maximum atomic E-state index is 12.6. The van der Waals surface area contributed by atoms with Crippen LogP contribution in [0.1, 0.15) is 53.0 Å². The predicted molar refractivity (Wildman–Crippen MR) is 79.8 cm³/mol. The van der Waals surface area contributed by atoms with Gasteiger partial charge in [-0.1, -0.05) is 26.0 Å². The number of hydrogen-bond acceptors (Lipinski definition) is 2. The van der Waals surface area contributed by atoms with Gasteiger partial charge in [0.25, 0.3) is 0 Å². The minimum atomic E-state index is -3.41. The zero-order chi connectivity index (χ0) is 14.8. The lowest BCUT2D eigenvalue weighted by Gasteiger charge is -2.29. The smallest absolute Gasteiger partial charge is 0.207 e. The van der Waals surface area contributed by atoms with Crippen molar-refractivity contribution in [2.75, 3.05) is 0 Å². The first-order valence-electron chi connectivity index (χ1n) is 6.81. The molecule has 0 bridgehead atoms. The molecule has 1 aromatic rings. The molecule has 0 radical (unpaired) electrons. The van der Waals surface area contributed by atoms with Crippen LogP contribution in [0.3, 0.4) is 0 Å². The molecule has 0 N–H and O–H groups in total. The van der Waals surface area contributed by atoms with Crippen LogP contribution in [0.15, 0.2) is 29.2 Å². The molecule has 3 nitrogen and oxygen atoms in total. The van der Waals surface area contributed by atoms with Crippen molar-refractivity contribution in [2.24, 2.45) is 0 Å². The van der Waals surface area contributed by atoms with Crippen molar-refractivity contribution in [2.45, 2.75) is 64.4 Å². The van der Waals surface area contributed by atoms with Gasteiger partial charge in [-0.3, -0.25) is 0 Å². The third kappa shape index (κ3) is 3.57. The maximum absolute atomic E-state index is 12.6. The molecule has 0 aliphatic heterocycles. The lowest BCUT2D eigenvalue weighted by molar-refractivity contribution is 0.302. The zero-order valence-electron chi connectivity index (χ0n) is 12.7. The number of benzene rings is 1. The Balaban J connectivity index is 3.19. The van der Waals surface area contributed by atoms with Crippen LogP contribution in [-0.4, -0.2) is 24.8 Å². The summed E-state index contributed by atoms with van der Waals surface area (Å²) in [5, 5.41) is 0. The normalized spacial score (nSPS) is 12.9. The molecule has 0 amide bonds. The number of rotatable bonds is 5. The molecule has 19 heavy (non-hydrogen) atoms. The highest BCUT2D eigenvalue weighted by atomic mass is 32.2. The van der Waals surface area contributed by atoms with Crippen LogP contribution in [0.2, 0.25) is 0 Å². The van der Waals surface area contributed by atoms with Crippen molar-refractivity contribution in [1.82, 2.24) is 4.31 Å². The highest BCUT2D eigenvalue weighted by Gasteiger charge is 2.29. The molecule has 0 aliphatic carbocycles. The summed E-state index contributed by atoms with van der Waals surface area (Å²) in [5.41, 5.74) is 1.15. The molecule has 1 aromatic carbocycles. The number of hydrogen-bond donors (Lipinski definition) is 0. The molecular weight excluding hydrogens is 258 g/mol. The molecule has 0 saturated carbocycles. The number of nitrogens with zero attached hydrogens (tertiary/aromatic N) is 1. The second-order valence-electron chi connectivity index (χ2n) is 5.75. The van der Waals surface area contributed by atoms with Crippen LogP contribution in [0.25, 0.3) is 0 Å². The Morgan fingerprint density at radius 2 is 1.26 bits per heavy atom. The predicted octanol–water partition coefficient (Wildman–Crippen LogP) is 3.62. The van der Waals surface area contributed by atoms with Crippen LogP contribution in [0.5, 0.6) is 0 Å². The fraction of sp³-hybridized carbons (Fsp3) is 0.600. The van der Waals surface area contributed by atoms with E-state index in [2.05, 4.69) is 13.8 Å².